The van der Waals surface area contributed by atoms with Gasteiger partial charge in [-0.15, -0.1) is 10.2 Å². The summed E-state index contributed by atoms with van der Waals surface area (Å²) in [7, 11) is 0. The Hall–Kier alpha value is -3.42. The van der Waals surface area contributed by atoms with Gasteiger partial charge in [-0.25, -0.2) is 0 Å². The van der Waals surface area contributed by atoms with E-state index in [4.69, 9.17) is 4.74 Å². The number of alkyl halides is 6. The maximum absolute atomic E-state index is 14.7. The molecule has 0 bridgehead atoms. The van der Waals surface area contributed by atoms with Gasteiger partial charge in [-0.1, -0.05) is 40.2 Å². The van der Waals surface area contributed by atoms with Gasteiger partial charge in [0.1, 0.15) is 5.75 Å². The summed E-state index contributed by atoms with van der Waals surface area (Å²) in [6.45, 7) is -0.259. The largest absolute Gasteiger partial charge is 0.494 e. The van der Waals surface area contributed by atoms with Crippen LogP contribution in [-0.2, 0) is 10.3 Å². The number of hydrogen-bond donors (Lipinski definition) is 2. The smallest absolute Gasteiger partial charge is 0.416 e. The summed E-state index contributed by atoms with van der Waals surface area (Å²) in [5, 5.41) is 15.3. The average molecular weight is 590 g/mol. The van der Waals surface area contributed by atoms with E-state index in [1.54, 1.807) is 24.3 Å². The van der Waals surface area contributed by atoms with E-state index in [1.807, 2.05) is 0 Å². The second kappa shape index (κ2) is 10.1. The van der Waals surface area contributed by atoms with Gasteiger partial charge in [0.15, 0.2) is 5.54 Å². The molecule has 0 saturated heterocycles. The van der Waals surface area contributed by atoms with Crippen LogP contribution in [0.25, 0.3) is 11.1 Å². The van der Waals surface area contributed by atoms with Crippen molar-refractivity contribution in [1.29, 1.82) is 0 Å². The summed E-state index contributed by atoms with van der Waals surface area (Å²) >= 11 is 3.28. The summed E-state index contributed by atoms with van der Waals surface area (Å²) < 4.78 is 87.0. The number of rotatable bonds is 7. The molecule has 196 valence electrons. The van der Waals surface area contributed by atoms with Crippen LogP contribution in [0.2, 0.25) is 0 Å². The van der Waals surface area contributed by atoms with Crippen molar-refractivity contribution >= 4 is 33.0 Å². The number of tetrazole rings is 1. The SMILES string of the molecule is O=C1NC(c2ccc(OCCCC(F)(F)F)cc2)(C(F)(F)F)CC(c2ccc(Br)cc2)=C1c1nn[nH]n1. The van der Waals surface area contributed by atoms with E-state index in [-0.39, 0.29) is 41.3 Å². The van der Waals surface area contributed by atoms with Gasteiger partial charge in [0, 0.05) is 17.3 Å². The van der Waals surface area contributed by atoms with Gasteiger partial charge in [-0.3, -0.25) is 4.79 Å². The van der Waals surface area contributed by atoms with E-state index < -0.39 is 36.6 Å². The number of ether oxygens (including phenoxy) is 1. The molecule has 1 aliphatic rings. The van der Waals surface area contributed by atoms with E-state index in [0.717, 1.165) is 12.1 Å². The number of carbonyl (C=O) groups is 1. The Kier molecular flexibility index (Phi) is 7.31. The fourth-order valence-electron chi connectivity index (χ4n) is 4.00. The summed E-state index contributed by atoms with van der Waals surface area (Å²) in [4.78, 5) is 13.2. The Labute approximate surface area is 214 Å². The van der Waals surface area contributed by atoms with Crippen molar-refractivity contribution in [3.8, 4) is 5.75 Å². The Morgan fingerprint density at radius 2 is 1.68 bits per heavy atom. The Balaban J connectivity index is 1.71. The number of nitrogens with one attached hydrogen (secondary N) is 2. The van der Waals surface area contributed by atoms with E-state index in [1.165, 1.54) is 12.1 Å². The predicted octanol–water partition coefficient (Wildman–Crippen LogP) is 5.57. The minimum atomic E-state index is -4.93. The minimum absolute atomic E-state index is 0.0578. The summed E-state index contributed by atoms with van der Waals surface area (Å²) in [6, 6.07) is 11.1. The van der Waals surface area contributed by atoms with E-state index in [0.29, 0.717) is 10.0 Å². The maximum Gasteiger partial charge on any atom is 0.416 e. The molecule has 0 spiro atoms. The molecule has 1 amide bonds. The fourth-order valence-corrected chi connectivity index (χ4v) is 4.26. The Morgan fingerprint density at radius 1 is 1.00 bits per heavy atom. The molecule has 3 aromatic rings. The maximum atomic E-state index is 14.7. The second-order valence-electron chi connectivity index (χ2n) is 8.22. The number of H-pyrrole nitrogens is 1. The second-order valence-corrected chi connectivity index (χ2v) is 9.14. The quantitative estimate of drug-likeness (QED) is 0.277. The van der Waals surface area contributed by atoms with Crippen molar-refractivity contribution in [3.63, 3.8) is 0 Å². The highest BCUT2D eigenvalue weighted by Gasteiger charge is 2.59. The van der Waals surface area contributed by atoms with Gasteiger partial charge in [0.25, 0.3) is 5.91 Å². The van der Waals surface area contributed by atoms with Crippen LogP contribution in [0, 0.1) is 0 Å². The molecule has 0 saturated carbocycles. The van der Waals surface area contributed by atoms with Crippen LogP contribution in [0.3, 0.4) is 0 Å². The Morgan fingerprint density at radius 3 is 2.24 bits per heavy atom. The van der Waals surface area contributed by atoms with Gasteiger partial charge in [0.05, 0.1) is 12.2 Å². The highest BCUT2D eigenvalue weighted by Crippen LogP contribution is 2.49. The molecule has 1 aliphatic heterocycles. The molecule has 2 aromatic carbocycles. The molecule has 2 N–H and O–H groups in total. The molecule has 4 rings (SSSR count). The third-order valence-corrected chi connectivity index (χ3v) is 6.29. The van der Waals surface area contributed by atoms with Crippen LogP contribution in [0.4, 0.5) is 26.3 Å². The van der Waals surface area contributed by atoms with Crippen molar-refractivity contribution in [2.75, 3.05) is 6.61 Å². The third kappa shape index (κ3) is 5.78. The molecule has 0 aliphatic carbocycles. The molecular weight excluding hydrogens is 572 g/mol. The molecule has 1 aromatic heterocycles. The fraction of sp³-hybridized carbons (Fsp3) is 0.304. The van der Waals surface area contributed by atoms with Crippen LogP contribution >= 0.6 is 15.9 Å². The van der Waals surface area contributed by atoms with Crippen molar-refractivity contribution in [1.82, 2.24) is 25.9 Å². The molecular formula is C23H18BrF6N5O2. The zero-order valence-electron chi connectivity index (χ0n) is 18.8. The molecule has 1 unspecified atom stereocenters. The summed E-state index contributed by atoms with van der Waals surface area (Å²) in [6.07, 6.45) is -11.3. The highest BCUT2D eigenvalue weighted by atomic mass is 79.9. The van der Waals surface area contributed by atoms with E-state index in [9.17, 15) is 31.1 Å². The first-order chi connectivity index (χ1) is 17.4. The van der Waals surface area contributed by atoms with Crippen molar-refractivity contribution in [2.24, 2.45) is 0 Å². The highest BCUT2D eigenvalue weighted by molar-refractivity contribution is 9.10. The molecule has 37 heavy (non-hydrogen) atoms. The molecule has 0 radical (unpaired) electrons. The number of halogens is 7. The van der Waals surface area contributed by atoms with Crippen LogP contribution in [0.15, 0.2) is 53.0 Å². The number of nitrogens with zero attached hydrogens (tertiary/aromatic N) is 3. The summed E-state index contributed by atoms with van der Waals surface area (Å²) in [5.74, 6) is -1.11. The van der Waals surface area contributed by atoms with Crippen LogP contribution < -0.4 is 10.1 Å². The lowest BCUT2D eigenvalue weighted by Crippen LogP contribution is -2.58. The monoisotopic (exact) mass is 589 g/mol. The van der Waals surface area contributed by atoms with Gasteiger partial charge >= 0.3 is 12.4 Å². The van der Waals surface area contributed by atoms with Crippen molar-refractivity contribution < 1.29 is 35.9 Å². The van der Waals surface area contributed by atoms with Crippen LogP contribution in [0.5, 0.6) is 5.75 Å². The van der Waals surface area contributed by atoms with Crippen molar-refractivity contribution in [2.45, 2.75) is 37.2 Å². The average Bonchev–Trinajstić information content (AvgIpc) is 3.35. The predicted molar refractivity (Wildman–Crippen MR) is 123 cm³/mol. The number of carbonyl (C=O) groups excluding carboxylic acids is 1. The van der Waals surface area contributed by atoms with Crippen LogP contribution in [-0.4, -0.2) is 45.5 Å². The number of hydrogen-bond acceptors (Lipinski definition) is 5. The lowest BCUT2D eigenvalue weighted by Gasteiger charge is -2.41. The number of aromatic nitrogens is 4. The number of benzene rings is 2. The molecule has 1 atom stereocenters. The van der Waals surface area contributed by atoms with E-state index >= 15 is 0 Å². The molecule has 0 fully saturated rings. The van der Waals surface area contributed by atoms with Gasteiger partial charge in [-0.05, 0) is 52.6 Å². The number of amides is 1. The van der Waals surface area contributed by atoms with Gasteiger partial charge in [0.2, 0.25) is 5.82 Å². The first-order valence-corrected chi connectivity index (χ1v) is 11.6. The van der Waals surface area contributed by atoms with E-state index in [2.05, 4.69) is 41.9 Å². The standard InChI is InChI=1S/C23H18BrF6N5O2/c24-15-6-2-13(3-7-15)17-12-21(23(28,29)30,31-20(36)18(17)19-32-34-35-33-19)14-4-8-16(9-5-14)37-11-1-10-22(25,26)27/h2-9H,1,10-12H2,(H,31,36)(H,32,33,34,35). The molecule has 2 heterocycles. The van der Waals surface area contributed by atoms with Gasteiger partial charge < -0.3 is 10.1 Å². The zero-order chi connectivity index (χ0) is 26.8. The Bertz CT molecular complexity index is 1270. The van der Waals surface area contributed by atoms with Crippen LogP contribution in [0.1, 0.15) is 36.2 Å². The normalized spacial score (nSPS) is 18.6. The van der Waals surface area contributed by atoms with Gasteiger partial charge in [-0.2, -0.15) is 31.6 Å². The first-order valence-electron chi connectivity index (χ1n) is 10.8. The van der Waals surface area contributed by atoms with Crippen molar-refractivity contribution in [3.05, 3.63) is 70.0 Å². The lowest BCUT2D eigenvalue weighted by atomic mass is 9.76. The molecule has 14 heteroatoms. The third-order valence-electron chi connectivity index (χ3n) is 5.76. The minimum Gasteiger partial charge on any atom is -0.494 e. The molecule has 7 nitrogen and oxygen atoms in total. The lowest BCUT2D eigenvalue weighted by molar-refractivity contribution is -0.201. The zero-order valence-corrected chi connectivity index (χ0v) is 20.3. The topological polar surface area (TPSA) is 92.8 Å². The summed E-state index contributed by atoms with van der Waals surface area (Å²) in [5.41, 5.74) is -2.83. The first kappa shape index (κ1) is 26.6. The number of aromatic amines is 1.